The van der Waals surface area contributed by atoms with Gasteiger partial charge in [0.15, 0.2) is 0 Å². The molecule has 1 aliphatic heterocycles. The highest BCUT2D eigenvalue weighted by Crippen LogP contribution is 2.44. The summed E-state index contributed by atoms with van der Waals surface area (Å²) in [4.78, 5) is 13.8. The lowest BCUT2D eigenvalue weighted by Crippen LogP contribution is -2.53. The standard InChI is InChI=1S/C19H19NO3/c21-11-13-9-10-20(13)19(22)23-12-18-16-7-3-1-5-14(16)15-6-2-4-8-17(15)18/h1-8,13,18,21H,9-12H2/t13-/m0/s1. The third-order valence-corrected chi connectivity index (χ3v) is 4.93. The molecule has 1 aliphatic carbocycles. The first-order valence-electron chi connectivity index (χ1n) is 8.02. The van der Waals surface area contributed by atoms with Crippen LogP contribution in [-0.4, -0.2) is 41.9 Å². The molecule has 1 atom stereocenters. The van der Waals surface area contributed by atoms with Gasteiger partial charge < -0.3 is 14.7 Å². The van der Waals surface area contributed by atoms with Crippen LogP contribution in [0.5, 0.6) is 0 Å². The molecule has 23 heavy (non-hydrogen) atoms. The zero-order valence-electron chi connectivity index (χ0n) is 12.8. The Morgan fingerprint density at radius 1 is 1.09 bits per heavy atom. The lowest BCUT2D eigenvalue weighted by molar-refractivity contribution is 0.0237. The molecule has 0 spiro atoms. The van der Waals surface area contributed by atoms with Crippen LogP contribution in [-0.2, 0) is 4.74 Å². The highest BCUT2D eigenvalue weighted by molar-refractivity contribution is 5.79. The Hall–Kier alpha value is -2.33. The lowest BCUT2D eigenvalue weighted by Gasteiger charge is -2.38. The Bertz CT molecular complexity index is 695. The van der Waals surface area contributed by atoms with E-state index < -0.39 is 0 Å². The number of hydrogen-bond acceptors (Lipinski definition) is 3. The smallest absolute Gasteiger partial charge is 0.410 e. The molecule has 0 bridgehead atoms. The van der Waals surface area contributed by atoms with Crippen molar-refractivity contribution in [3.8, 4) is 11.1 Å². The van der Waals surface area contributed by atoms with E-state index >= 15 is 0 Å². The number of amides is 1. The molecule has 0 aromatic heterocycles. The lowest BCUT2D eigenvalue weighted by atomic mass is 9.98. The van der Waals surface area contributed by atoms with Crippen LogP contribution in [0.2, 0.25) is 0 Å². The summed E-state index contributed by atoms with van der Waals surface area (Å²) in [5, 5.41) is 9.20. The molecule has 1 fully saturated rings. The van der Waals surface area contributed by atoms with Crippen molar-refractivity contribution in [1.29, 1.82) is 0 Å². The van der Waals surface area contributed by atoms with Gasteiger partial charge >= 0.3 is 6.09 Å². The predicted octanol–water partition coefficient (Wildman–Crippen LogP) is 3.00. The summed E-state index contributed by atoms with van der Waals surface area (Å²) in [7, 11) is 0. The summed E-state index contributed by atoms with van der Waals surface area (Å²) < 4.78 is 5.55. The Labute approximate surface area is 135 Å². The van der Waals surface area contributed by atoms with Crippen LogP contribution in [0, 0.1) is 0 Å². The molecular formula is C19H19NO3. The van der Waals surface area contributed by atoms with Crippen molar-refractivity contribution >= 4 is 6.09 Å². The van der Waals surface area contributed by atoms with Gasteiger partial charge in [0, 0.05) is 12.5 Å². The van der Waals surface area contributed by atoms with E-state index in [4.69, 9.17) is 4.74 Å². The van der Waals surface area contributed by atoms with E-state index in [-0.39, 0.29) is 24.7 Å². The van der Waals surface area contributed by atoms with Gasteiger partial charge in [0.1, 0.15) is 6.61 Å². The zero-order valence-corrected chi connectivity index (χ0v) is 12.8. The second kappa shape index (κ2) is 5.70. The van der Waals surface area contributed by atoms with E-state index in [0.29, 0.717) is 13.2 Å². The number of nitrogens with zero attached hydrogens (tertiary/aromatic N) is 1. The van der Waals surface area contributed by atoms with E-state index in [1.165, 1.54) is 22.3 Å². The number of fused-ring (bicyclic) bond motifs is 3. The molecule has 2 aromatic carbocycles. The van der Waals surface area contributed by atoms with Crippen molar-refractivity contribution in [3.63, 3.8) is 0 Å². The average molecular weight is 309 g/mol. The fourth-order valence-electron chi connectivity index (χ4n) is 3.55. The quantitative estimate of drug-likeness (QED) is 0.948. The zero-order chi connectivity index (χ0) is 15.8. The Morgan fingerprint density at radius 3 is 2.22 bits per heavy atom. The van der Waals surface area contributed by atoms with Gasteiger partial charge in [-0.15, -0.1) is 0 Å². The molecular weight excluding hydrogens is 290 g/mol. The second-order valence-corrected chi connectivity index (χ2v) is 6.12. The molecule has 2 aliphatic rings. The van der Waals surface area contributed by atoms with Gasteiger partial charge in [-0.1, -0.05) is 48.5 Å². The number of rotatable bonds is 3. The molecule has 0 saturated carbocycles. The number of ether oxygens (including phenoxy) is 1. The molecule has 4 nitrogen and oxygen atoms in total. The summed E-state index contributed by atoms with van der Waals surface area (Å²) in [5.74, 6) is 0.0835. The van der Waals surface area contributed by atoms with Crippen molar-refractivity contribution in [3.05, 3.63) is 59.7 Å². The number of carbonyl (C=O) groups excluding carboxylic acids is 1. The van der Waals surface area contributed by atoms with E-state index in [9.17, 15) is 9.90 Å². The van der Waals surface area contributed by atoms with Crippen molar-refractivity contribution < 1.29 is 14.6 Å². The predicted molar refractivity (Wildman–Crippen MR) is 87.3 cm³/mol. The Morgan fingerprint density at radius 2 is 1.70 bits per heavy atom. The maximum atomic E-state index is 12.2. The van der Waals surface area contributed by atoms with Crippen LogP contribution in [0.1, 0.15) is 23.5 Å². The minimum atomic E-state index is -0.322. The van der Waals surface area contributed by atoms with Gasteiger partial charge in [-0.05, 0) is 28.7 Å². The van der Waals surface area contributed by atoms with Crippen LogP contribution in [0.25, 0.3) is 11.1 Å². The molecule has 4 heteroatoms. The summed E-state index contributed by atoms with van der Waals surface area (Å²) in [6, 6.07) is 16.5. The minimum absolute atomic E-state index is 0.00416. The molecule has 2 aromatic rings. The van der Waals surface area contributed by atoms with E-state index in [1.807, 2.05) is 24.3 Å². The summed E-state index contributed by atoms with van der Waals surface area (Å²) in [6.07, 6.45) is 0.526. The van der Waals surface area contributed by atoms with Crippen LogP contribution in [0.15, 0.2) is 48.5 Å². The van der Waals surface area contributed by atoms with Gasteiger partial charge in [0.25, 0.3) is 0 Å². The number of aliphatic hydroxyl groups is 1. The van der Waals surface area contributed by atoms with Crippen LogP contribution in [0.4, 0.5) is 4.79 Å². The van der Waals surface area contributed by atoms with Crippen molar-refractivity contribution in [2.24, 2.45) is 0 Å². The molecule has 1 amide bonds. The van der Waals surface area contributed by atoms with Gasteiger partial charge in [0.05, 0.1) is 12.6 Å². The fraction of sp³-hybridized carbons (Fsp3) is 0.316. The fourth-order valence-corrected chi connectivity index (χ4v) is 3.55. The van der Waals surface area contributed by atoms with Crippen LogP contribution < -0.4 is 0 Å². The first-order chi connectivity index (χ1) is 11.3. The maximum absolute atomic E-state index is 12.2. The second-order valence-electron chi connectivity index (χ2n) is 6.12. The van der Waals surface area contributed by atoms with E-state index in [2.05, 4.69) is 24.3 Å². The van der Waals surface area contributed by atoms with Gasteiger partial charge in [-0.2, -0.15) is 0 Å². The number of carbonyl (C=O) groups is 1. The normalized spacial score (nSPS) is 19.0. The molecule has 4 rings (SSSR count). The topological polar surface area (TPSA) is 49.8 Å². The largest absolute Gasteiger partial charge is 0.448 e. The number of benzene rings is 2. The van der Waals surface area contributed by atoms with Crippen molar-refractivity contribution in [2.45, 2.75) is 18.4 Å². The van der Waals surface area contributed by atoms with Crippen LogP contribution >= 0.6 is 0 Å². The monoisotopic (exact) mass is 309 g/mol. The summed E-state index contributed by atoms with van der Waals surface area (Å²) in [6.45, 7) is 1.01. The molecule has 0 unspecified atom stereocenters. The first kappa shape index (κ1) is 14.3. The summed E-state index contributed by atoms with van der Waals surface area (Å²) >= 11 is 0. The van der Waals surface area contributed by atoms with Crippen molar-refractivity contribution in [2.75, 3.05) is 19.8 Å². The molecule has 118 valence electrons. The highest BCUT2D eigenvalue weighted by Gasteiger charge is 2.34. The SMILES string of the molecule is O=C(OCC1c2ccccc2-c2ccccc21)N1CC[C@H]1CO. The van der Waals surface area contributed by atoms with E-state index in [1.54, 1.807) is 4.90 Å². The maximum Gasteiger partial charge on any atom is 0.410 e. The third-order valence-electron chi connectivity index (χ3n) is 4.93. The average Bonchev–Trinajstić information content (AvgIpc) is 2.86. The minimum Gasteiger partial charge on any atom is -0.448 e. The molecule has 1 heterocycles. The highest BCUT2D eigenvalue weighted by atomic mass is 16.6. The molecule has 1 saturated heterocycles. The van der Waals surface area contributed by atoms with Crippen LogP contribution in [0.3, 0.4) is 0 Å². The first-order valence-corrected chi connectivity index (χ1v) is 8.02. The Kier molecular flexibility index (Phi) is 3.54. The number of aliphatic hydroxyl groups excluding tert-OH is 1. The van der Waals surface area contributed by atoms with Crippen molar-refractivity contribution in [1.82, 2.24) is 4.90 Å². The molecule has 1 N–H and O–H groups in total. The Balaban J connectivity index is 1.54. The summed E-state index contributed by atoms with van der Waals surface area (Å²) in [5.41, 5.74) is 4.87. The van der Waals surface area contributed by atoms with Gasteiger partial charge in [-0.3, -0.25) is 0 Å². The number of hydrogen-bond donors (Lipinski definition) is 1. The van der Waals surface area contributed by atoms with Gasteiger partial charge in [0.2, 0.25) is 0 Å². The third kappa shape index (κ3) is 2.30. The number of likely N-dealkylation sites (tertiary alicyclic amines) is 1. The van der Waals surface area contributed by atoms with E-state index in [0.717, 1.165) is 6.42 Å². The van der Waals surface area contributed by atoms with Gasteiger partial charge in [-0.25, -0.2) is 4.79 Å². The molecule has 0 radical (unpaired) electrons.